The summed E-state index contributed by atoms with van der Waals surface area (Å²) in [5.74, 6) is -0.738. The third-order valence-corrected chi connectivity index (χ3v) is 6.99. The van der Waals surface area contributed by atoms with Gasteiger partial charge in [0.1, 0.15) is 6.10 Å². The van der Waals surface area contributed by atoms with Gasteiger partial charge in [0.2, 0.25) is 0 Å². The van der Waals surface area contributed by atoms with Crippen LogP contribution in [-0.2, 0) is 14.3 Å². The van der Waals surface area contributed by atoms with E-state index in [0.29, 0.717) is 6.42 Å². The Morgan fingerprint density at radius 1 is 0.583 bits per heavy atom. The summed E-state index contributed by atoms with van der Waals surface area (Å²) in [6.07, 6.45) is 32.2. The summed E-state index contributed by atoms with van der Waals surface area (Å²) in [4.78, 5) is 23.1. The summed E-state index contributed by atoms with van der Waals surface area (Å²) in [7, 11) is 0. The van der Waals surface area contributed by atoms with Crippen molar-refractivity contribution in [3.05, 3.63) is 12.2 Å². The number of unbranched alkanes of at least 4 members (excludes halogenated alkanes) is 17. The highest BCUT2D eigenvalue weighted by Gasteiger charge is 2.14. The van der Waals surface area contributed by atoms with Crippen molar-refractivity contribution in [1.82, 2.24) is 0 Å². The van der Waals surface area contributed by atoms with Crippen LogP contribution >= 0.6 is 0 Å². The smallest absolute Gasteiger partial charge is 0.306 e. The quantitative estimate of drug-likeness (QED) is 0.0648. The predicted octanol–water partition coefficient (Wildman–Crippen LogP) is 10.3. The van der Waals surface area contributed by atoms with Crippen molar-refractivity contribution >= 4 is 11.9 Å². The standard InChI is InChI=1S/C32H60O4/c1-3-5-7-9-10-11-12-13-14-15-16-17-19-25-29-32(35)36-30(26-22-18-8-6-4-2)27-23-20-21-24-28-31(33)34/h11-12,30H,3-10,13-29H2,1-2H3,(H,33,34)/b12-11-. The largest absolute Gasteiger partial charge is 0.481 e. The number of hydrogen-bond donors (Lipinski definition) is 1. The molecule has 212 valence electrons. The normalized spacial score (nSPS) is 12.3. The van der Waals surface area contributed by atoms with Crippen molar-refractivity contribution in [2.45, 2.75) is 180 Å². The minimum Gasteiger partial charge on any atom is -0.481 e. The number of aliphatic carboxylic acids is 1. The zero-order valence-corrected chi connectivity index (χ0v) is 24.1. The van der Waals surface area contributed by atoms with E-state index in [1.807, 2.05) is 0 Å². The molecule has 0 heterocycles. The maximum atomic E-state index is 12.4. The van der Waals surface area contributed by atoms with Gasteiger partial charge >= 0.3 is 11.9 Å². The molecule has 0 spiro atoms. The molecule has 0 saturated heterocycles. The molecule has 1 unspecified atom stereocenters. The van der Waals surface area contributed by atoms with Crippen LogP contribution in [0.1, 0.15) is 174 Å². The molecule has 0 aromatic rings. The predicted molar refractivity (Wildman–Crippen MR) is 153 cm³/mol. The van der Waals surface area contributed by atoms with E-state index in [0.717, 1.165) is 57.8 Å². The minimum absolute atomic E-state index is 0.0245. The molecule has 0 aliphatic carbocycles. The lowest BCUT2D eigenvalue weighted by molar-refractivity contribution is -0.150. The first kappa shape index (κ1) is 34.7. The third-order valence-electron chi connectivity index (χ3n) is 6.99. The number of carboxylic acids is 1. The SMILES string of the molecule is CCCCCC/C=C\CCCCCCCCC(=O)OC(CCCCCCC)CCCCCCC(=O)O. The fourth-order valence-corrected chi connectivity index (χ4v) is 4.65. The molecule has 1 N–H and O–H groups in total. The van der Waals surface area contributed by atoms with Gasteiger partial charge in [0.15, 0.2) is 0 Å². The number of ether oxygens (including phenoxy) is 1. The Kier molecular flexibility index (Phi) is 27.2. The summed E-state index contributed by atoms with van der Waals surface area (Å²) >= 11 is 0. The van der Waals surface area contributed by atoms with Gasteiger partial charge in [-0.15, -0.1) is 0 Å². The van der Waals surface area contributed by atoms with Gasteiger partial charge in [-0.25, -0.2) is 0 Å². The number of carboxylic acid groups (broad SMARTS) is 1. The zero-order chi connectivity index (χ0) is 26.5. The Hall–Kier alpha value is -1.32. The van der Waals surface area contributed by atoms with Gasteiger partial charge in [-0.05, 0) is 64.2 Å². The number of rotatable bonds is 28. The Labute approximate surface area is 224 Å². The van der Waals surface area contributed by atoms with Crippen LogP contribution in [0.4, 0.5) is 0 Å². The highest BCUT2D eigenvalue weighted by Crippen LogP contribution is 2.18. The second-order valence-electron chi connectivity index (χ2n) is 10.6. The molecule has 1 atom stereocenters. The van der Waals surface area contributed by atoms with Crippen molar-refractivity contribution < 1.29 is 19.4 Å². The van der Waals surface area contributed by atoms with Crippen LogP contribution in [0.2, 0.25) is 0 Å². The van der Waals surface area contributed by atoms with Crippen LogP contribution in [0.5, 0.6) is 0 Å². The van der Waals surface area contributed by atoms with Crippen LogP contribution in [0.15, 0.2) is 12.2 Å². The summed E-state index contributed by atoms with van der Waals surface area (Å²) in [6.45, 7) is 4.48. The number of carbonyl (C=O) groups is 2. The second-order valence-corrected chi connectivity index (χ2v) is 10.6. The van der Waals surface area contributed by atoms with Gasteiger partial charge in [-0.3, -0.25) is 9.59 Å². The van der Waals surface area contributed by atoms with E-state index < -0.39 is 5.97 Å². The van der Waals surface area contributed by atoms with E-state index in [-0.39, 0.29) is 18.5 Å². The number of allylic oxidation sites excluding steroid dienone is 2. The van der Waals surface area contributed by atoms with Crippen molar-refractivity contribution in [2.24, 2.45) is 0 Å². The molecule has 4 nitrogen and oxygen atoms in total. The highest BCUT2D eigenvalue weighted by atomic mass is 16.5. The first-order chi connectivity index (χ1) is 17.6. The lowest BCUT2D eigenvalue weighted by Crippen LogP contribution is -2.18. The van der Waals surface area contributed by atoms with Crippen molar-refractivity contribution in [3.63, 3.8) is 0 Å². The van der Waals surface area contributed by atoms with E-state index >= 15 is 0 Å². The van der Waals surface area contributed by atoms with E-state index in [1.165, 1.54) is 89.9 Å². The Balaban J connectivity index is 3.87. The molecule has 0 rings (SSSR count). The van der Waals surface area contributed by atoms with Crippen LogP contribution in [0.3, 0.4) is 0 Å². The van der Waals surface area contributed by atoms with Crippen molar-refractivity contribution in [2.75, 3.05) is 0 Å². The third kappa shape index (κ3) is 27.3. The molecule has 0 fully saturated rings. The lowest BCUT2D eigenvalue weighted by Gasteiger charge is -2.18. The fraction of sp³-hybridized carbons (Fsp3) is 0.875. The van der Waals surface area contributed by atoms with Gasteiger partial charge in [0.25, 0.3) is 0 Å². The van der Waals surface area contributed by atoms with Crippen LogP contribution in [0, 0.1) is 0 Å². The van der Waals surface area contributed by atoms with Gasteiger partial charge in [-0.2, -0.15) is 0 Å². The molecule has 0 aromatic carbocycles. The van der Waals surface area contributed by atoms with Crippen molar-refractivity contribution in [3.8, 4) is 0 Å². The maximum absolute atomic E-state index is 12.4. The molecule has 0 aliphatic heterocycles. The molecule has 36 heavy (non-hydrogen) atoms. The molecule has 0 aromatic heterocycles. The van der Waals surface area contributed by atoms with Crippen LogP contribution < -0.4 is 0 Å². The van der Waals surface area contributed by atoms with Gasteiger partial charge in [0, 0.05) is 12.8 Å². The number of esters is 1. The second kappa shape index (κ2) is 28.3. The Bertz CT molecular complexity index is 514. The van der Waals surface area contributed by atoms with Gasteiger partial charge in [0.05, 0.1) is 0 Å². The molecule has 4 heteroatoms. The molecule has 0 amide bonds. The molecular formula is C32H60O4. The lowest BCUT2D eigenvalue weighted by atomic mass is 10.0. The molecule has 0 bridgehead atoms. The maximum Gasteiger partial charge on any atom is 0.306 e. The summed E-state index contributed by atoms with van der Waals surface area (Å²) < 4.78 is 5.87. The summed E-state index contributed by atoms with van der Waals surface area (Å²) in [6, 6.07) is 0. The monoisotopic (exact) mass is 508 g/mol. The highest BCUT2D eigenvalue weighted by molar-refractivity contribution is 5.69. The van der Waals surface area contributed by atoms with Crippen molar-refractivity contribution in [1.29, 1.82) is 0 Å². The molecule has 0 saturated carbocycles. The Morgan fingerprint density at radius 3 is 1.53 bits per heavy atom. The summed E-state index contributed by atoms with van der Waals surface area (Å²) in [5.41, 5.74) is 0. The van der Waals surface area contributed by atoms with Gasteiger partial charge < -0.3 is 9.84 Å². The molecule has 0 aliphatic rings. The number of hydrogen-bond acceptors (Lipinski definition) is 3. The van der Waals surface area contributed by atoms with Crippen LogP contribution in [0.25, 0.3) is 0 Å². The molecule has 0 radical (unpaired) electrons. The molecular weight excluding hydrogens is 448 g/mol. The average molecular weight is 509 g/mol. The summed E-state index contributed by atoms with van der Waals surface area (Å²) in [5, 5.41) is 8.76. The first-order valence-corrected chi connectivity index (χ1v) is 15.7. The minimum atomic E-state index is -0.713. The fourth-order valence-electron chi connectivity index (χ4n) is 4.65. The average Bonchev–Trinajstić information content (AvgIpc) is 2.85. The zero-order valence-electron chi connectivity index (χ0n) is 24.1. The Morgan fingerprint density at radius 2 is 1.00 bits per heavy atom. The first-order valence-electron chi connectivity index (χ1n) is 15.7. The van der Waals surface area contributed by atoms with E-state index in [4.69, 9.17) is 9.84 Å². The van der Waals surface area contributed by atoms with E-state index in [1.54, 1.807) is 0 Å². The van der Waals surface area contributed by atoms with Gasteiger partial charge in [-0.1, -0.05) is 109 Å². The van der Waals surface area contributed by atoms with E-state index in [2.05, 4.69) is 26.0 Å². The van der Waals surface area contributed by atoms with E-state index in [9.17, 15) is 9.59 Å². The van der Waals surface area contributed by atoms with Crippen LogP contribution in [-0.4, -0.2) is 23.1 Å². The number of carbonyl (C=O) groups excluding carboxylic acids is 1. The topological polar surface area (TPSA) is 63.6 Å².